The van der Waals surface area contributed by atoms with E-state index in [1.165, 1.54) is 0 Å². The van der Waals surface area contributed by atoms with Crippen LogP contribution in [-0.2, 0) is 0 Å². The van der Waals surface area contributed by atoms with Gasteiger partial charge in [-0.1, -0.05) is 0 Å². The van der Waals surface area contributed by atoms with Gasteiger partial charge in [0, 0.05) is 30.2 Å². The molecule has 0 amide bonds. The Balaban J connectivity index is 2.53. The number of anilines is 1. The largest absolute Gasteiger partial charge is 0.396 e. The van der Waals surface area contributed by atoms with Gasteiger partial charge in [0.25, 0.3) is 0 Å². The number of rotatable bonds is 4. The first-order valence-electron chi connectivity index (χ1n) is 4.52. The van der Waals surface area contributed by atoms with Crippen molar-refractivity contribution in [2.24, 2.45) is 0 Å². The zero-order chi connectivity index (χ0) is 9.68. The van der Waals surface area contributed by atoms with Gasteiger partial charge in [-0.05, 0) is 32.4 Å². The molecular formula is C10H16N2O. The average Bonchev–Trinajstić information content (AvgIpc) is 2.04. The van der Waals surface area contributed by atoms with Crippen LogP contribution in [0.2, 0.25) is 0 Å². The van der Waals surface area contributed by atoms with E-state index in [9.17, 15) is 0 Å². The van der Waals surface area contributed by atoms with Crippen molar-refractivity contribution < 1.29 is 5.11 Å². The van der Waals surface area contributed by atoms with Gasteiger partial charge in [-0.3, -0.25) is 4.98 Å². The number of hydrogen-bond donors (Lipinski definition) is 2. The fourth-order valence-electron chi connectivity index (χ4n) is 1.19. The lowest BCUT2D eigenvalue weighted by atomic mass is 10.2. The Hall–Kier alpha value is -1.09. The van der Waals surface area contributed by atoms with E-state index in [0.717, 1.165) is 17.8 Å². The monoisotopic (exact) mass is 180 g/mol. The third-order valence-corrected chi connectivity index (χ3v) is 1.87. The molecule has 0 fully saturated rings. The molecule has 1 heterocycles. The molecule has 0 saturated heterocycles. The highest BCUT2D eigenvalue weighted by Crippen LogP contribution is 2.09. The molecule has 0 aliphatic carbocycles. The van der Waals surface area contributed by atoms with Gasteiger partial charge in [0.15, 0.2) is 0 Å². The minimum Gasteiger partial charge on any atom is -0.396 e. The van der Waals surface area contributed by atoms with Gasteiger partial charge in [-0.25, -0.2) is 0 Å². The molecule has 72 valence electrons. The van der Waals surface area contributed by atoms with E-state index in [-0.39, 0.29) is 6.61 Å². The van der Waals surface area contributed by atoms with Crippen LogP contribution in [0.4, 0.5) is 5.69 Å². The maximum atomic E-state index is 8.72. The molecule has 1 rings (SSSR count). The Labute approximate surface area is 78.8 Å². The number of aryl methyl sites for hydroxylation is 1. The second-order valence-electron chi connectivity index (χ2n) is 3.24. The molecule has 0 radical (unpaired) electrons. The minimum absolute atomic E-state index is 0.220. The summed E-state index contributed by atoms with van der Waals surface area (Å²) in [5.41, 5.74) is 2.06. The normalized spacial score (nSPS) is 12.5. The number of nitrogens with zero attached hydrogens (tertiary/aromatic N) is 1. The molecule has 0 aliphatic heterocycles. The van der Waals surface area contributed by atoms with Gasteiger partial charge in [0.2, 0.25) is 0 Å². The molecule has 1 aromatic heterocycles. The molecule has 1 unspecified atom stereocenters. The Morgan fingerprint density at radius 3 is 3.00 bits per heavy atom. The highest BCUT2D eigenvalue weighted by atomic mass is 16.3. The minimum atomic E-state index is 0.220. The van der Waals surface area contributed by atoms with Crippen molar-refractivity contribution in [3.05, 3.63) is 24.0 Å². The highest BCUT2D eigenvalue weighted by molar-refractivity contribution is 5.43. The highest BCUT2D eigenvalue weighted by Gasteiger charge is 2.00. The number of nitrogens with one attached hydrogen (secondary N) is 1. The predicted octanol–water partition coefficient (Wildman–Crippen LogP) is 1.57. The molecule has 0 bridgehead atoms. The molecule has 0 saturated carbocycles. The molecule has 0 aliphatic rings. The molecule has 1 atom stereocenters. The van der Waals surface area contributed by atoms with Crippen LogP contribution in [0.15, 0.2) is 18.3 Å². The lowest BCUT2D eigenvalue weighted by molar-refractivity contribution is 0.282. The van der Waals surface area contributed by atoms with Crippen molar-refractivity contribution in [2.45, 2.75) is 26.3 Å². The smallest absolute Gasteiger partial charge is 0.0450 e. The molecular weight excluding hydrogens is 164 g/mol. The summed E-state index contributed by atoms with van der Waals surface area (Å²) >= 11 is 0. The fraction of sp³-hybridized carbons (Fsp3) is 0.500. The first-order chi connectivity index (χ1) is 6.22. The van der Waals surface area contributed by atoms with Gasteiger partial charge in [-0.2, -0.15) is 0 Å². The Kier molecular flexibility index (Phi) is 3.71. The number of aliphatic hydroxyl groups is 1. The standard InChI is InChI=1S/C10H16N2O/c1-8(4-6-13)12-10-3-5-11-9(2)7-10/h3,5,7-8,13H,4,6H2,1-2H3,(H,11,12). The van der Waals surface area contributed by atoms with E-state index in [2.05, 4.69) is 10.3 Å². The van der Waals surface area contributed by atoms with Gasteiger partial charge < -0.3 is 10.4 Å². The molecule has 0 aromatic carbocycles. The lowest BCUT2D eigenvalue weighted by Gasteiger charge is -2.13. The first kappa shape index (κ1) is 9.99. The molecule has 1 aromatic rings. The van der Waals surface area contributed by atoms with Crippen LogP contribution in [0.25, 0.3) is 0 Å². The molecule has 0 spiro atoms. The summed E-state index contributed by atoms with van der Waals surface area (Å²) in [6, 6.07) is 4.22. The molecule has 3 heteroatoms. The van der Waals surface area contributed by atoms with Crippen LogP contribution in [-0.4, -0.2) is 22.7 Å². The summed E-state index contributed by atoms with van der Waals surface area (Å²) in [5, 5.41) is 12.0. The quantitative estimate of drug-likeness (QED) is 0.739. The predicted molar refractivity (Wildman–Crippen MR) is 53.8 cm³/mol. The summed E-state index contributed by atoms with van der Waals surface area (Å²) < 4.78 is 0. The van der Waals surface area contributed by atoms with E-state index >= 15 is 0 Å². The second kappa shape index (κ2) is 4.82. The summed E-state index contributed by atoms with van der Waals surface area (Å²) in [4.78, 5) is 4.10. The summed E-state index contributed by atoms with van der Waals surface area (Å²) in [6.07, 6.45) is 2.55. The van der Waals surface area contributed by atoms with Crippen LogP contribution in [0.5, 0.6) is 0 Å². The van der Waals surface area contributed by atoms with Crippen molar-refractivity contribution in [3.63, 3.8) is 0 Å². The third kappa shape index (κ3) is 3.42. The summed E-state index contributed by atoms with van der Waals surface area (Å²) in [7, 11) is 0. The third-order valence-electron chi connectivity index (χ3n) is 1.87. The second-order valence-corrected chi connectivity index (χ2v) is 3.24. The van der Waals surface area contributed by atoms with Crippen molar-refractivity contribution in [1.29, 1.82) is 0 Å². The van der Waals surface area contributed by atoms with Crippen LogP contribution in [0.3, 0.4) is 0 Å². The molecule has 2 N–H and O–H groups in total. The van der Waals surface area contributed by atoms with Crippen LogP contribution in [0, 0.1) is 6.92 Å². The topological polar surface area (TPSA) is 45.1 Å². The van der Waals surface area contributed by atoms with Crippen molar-refractivity contribution >= 4 is 5.69 Å². The van der Waals surface area contributed by atoms with Gasteiger partial charge >= 0.3 is 0 Å². The SMILES string of the molecule is Cc1cc(NC(C)CCO)ccn1. The number of aliphatic hydroxyl groups excluding tert-OH is 1. The summed E-state index contributed by atoms with van der Waals surface area (Å²) in [6.45, 7) is 4.23. The van der Waals surface area contributed by atoms with Gasteiger partial charge in [-0.15, -0.1) is 0 Å². The lowest BCUT2D eigenvalue weighted by Crippen LogP contribution is -2.16. The Morgan fingerprint density at radius 2 is 2.38 bits per heavy atom. The van der Waals surface area contributed by atoms with Gasteiger partial charge in [0.1, 0.15) is 0 Å². The zero-order valence-electron chi connectivity index (χ0n) is 8.12. The first-order valence-corrected chi connectivity index (χ1v) is 4.52. The molecule has 13 heavy (non-hydrogen) atoms. The number of pyridine rings is 1. The van der Waals surface area contributed by atoms with E-state index in [1.54, 1.807) is 6.20 Å². The van der Waals surface area contributed by atoms with Crippen LogP contribution in [0.1, 0.15) is 19.0 Å². The zero-order valence-corrected chi connectivity index (χ0v) is 8.12. The average molecular weight is 180 g/mol. The van der Waals surface area contributed by atoms with Crippen molar-refractivity contribution in [1.82, 2.24) is 4.98 Å². The summed E-state index contributed by atoms with van der Waals surface area (Å²) in [5.74, 6) is 0. The van der Waals surface area contributed by atoms with E-state index in [4.69, 9.17) is 5.11 Å². The van der Waals surface area contributed by atoms with E-state index in [0.29, 0.717) is 6.04 Å². The van der Waals surface area contributed by atoms with Crippen molar-refractivity contribution in [3.8, 4) is 0 Å². The fourth-order valence-corrected chi connectivity index (χ4v) is 1.19. The van der Waals surface area contributed by atoms with Crippen LogP contribution < -0.4 is 5.32 Å². The number of aromatic nitrogens is 1. The van der Waals surface area contributed by atoms with E-state index in [1.807, 2.05) is 26.0 Å². The maximum Gasteiger partial charge on any atom is 0.0450 e. The maximum absolute atomic E-state index is 8.72. The Morgan fingerprint density at radius 1 is 1.62 bits per heavy atom. The van der Waals surface area contributed by atoms with Gasteiger partial charge in [0.05, 0.1) is 0 Å². The Bertz CT molecular complexity index is 263. The molecule has 3 nitrogen and oxygen atoms in total. The van der Waals surface area contributed by atoms with Crippen LogP contribution >= 0.6 is 0 Å². The van der Waals surface area contributed by atoms with E-state index < -0.39 is 0 Å². The van der Waals surface area contributed by atoms with Crippen molar-refractivity contribution in [2.75, 3.05) is 11.9 Å². The number of hydrogen-bond acceptors (Lipinski definition) is 3.